The molecular formula is C28H40O7S3. The van der Waals surface area contributed by atoms with Gasteiger partial charge >= 0.3 is 17.9 Å². The smallest absolute Gasteiger partial charge is 0.303 e. The van der Waals surface area contributed by atoms with Crippen LogP contribution in [0.4, 0.5) is 0 Å². The molecular weight excluding hydrogens is 545 g/mol. The fourth-order valence-electron chi connectivity index (χ4n) is 2.79. The van der Waals surface area contributed by atoms with E-state index < -0.39 is 17.9 Å². The van der Waals surface area contributed by atoms with Gasteiger partial charge in [0.15, 0.2) is 0 Å². The van der Waals surface area contributed by atoms with Crippen LogP contribution in [0.15, 0.2) is 50.5 Å². The fraction of sp³-hybridized carbons (Fsp3) is 0.464. The molecule has 7 nitrogen and oxygen atoms in total. The maximum atomic E-state index is 10.1. The molecule has 0 bridgehead atoms. The van der Waals surface area contributed by atoms with Crippen molar-refractivity contribution in [2.24, 2.45) is 0 Å². The van der Waals surface area contributed by atoms with Gasteiger partial charge in [-0.2, -0.15) is 34.0 Å². The van der Waals surface area contributed by atoms with Crippen molar-refractivity contribution in [2.75, 3.05) is 6.61 Å². The fourth-order valence-corrected chi connectivity index (χ4v) is 4.90. The van der Waals surface area contributed by atoms with Crippen LogP contribution in [0.5, 0.6) is 0 Å². The molecule has 10 heteroatoms. The Morgan fingerprint density at radius 1 is 0.605 bits per heavy atom. The van der Waals surface area contributed by atoms with E-state index in [1.54, 1.807) is 34.0 Å². The molecule has 0 aliphatic heterocycles. The first-order valence-electron chi connectivity index (χ1n) is 12.6. The number of carbonyl (C=O) groups is 3. The summed E-state index contributed by atoms with van der Waals surface area (Å²) in [7, 11) is 0. The summed E-state index contributed by atoms with van der Waals surface area (Å²) in [6.45, 7) is 2.40. The zero-order valence-electron chi connectivity index (χ0n) is 21.9. The van der Waals surface area contributed by atoms with Crippen molar-refractivity contribution in [3.8, 4) is 0 Å². The summed E-state index contributed by atoms with van der Waals surface area (Å²) >= 11 is 4.95. The third kappa shape index (κ3) is 23.8. The van der Waals surface area contributed by atoms with E-state index in [2.05, 4.69) is 23.1 Å². The Kier molecular flexibility index (Phi) is 23.1. The second-order valence-corrected chi connectivity index (χ2v) is 10.6. The maximum Gasteiger partial charge on any atom is 0.303 e. The Morgan fingerprint density at radius 3 is 1.08 bits per heavy atom. The largest absolute Gasteiger partial charge is 0.481 e. The van der Waals surface area contributed by atoms with E-state index >= 15 is 0 Å². The highest BCUT2D eigenvalue weighted by atomic mass is 32.1. The quantitative estimate of drug-likeness (QED) is 0.157. The molecule has 4 N–H and O–H groups in total. The molecule has 212 valence electrons. The lowest BCUT2D eigenvalue weighted by Gasteiger charge is -1.92. The number of aliphatic hydroxyl groups excluding tert-OH is 1. The van der Waals surface area contributed by atoms with Crippen molar-refractivity contribution in [1.29, 1.82) is 0 Å². The van der Waals surface area contributed by atoms with E-state index in [-0.39, 0.29) is 19.3 Å². The minimum absolute atomic E-state index is 0.274. The lowest BCUT2D eigenvalue weighted by Crippen LogP contribution is -1.94. The predicted molar refractivity (Wildman–Crippen MR) is 157 cm³/mol. The Hall–Kier alpha value is -2.53. The molecule has 0 unspecified atom stereocenters. The third-order valence-corrected chi connectivity index (χ3v) is 7.02. The van der Waals surface area contributed by atoms with Crippen LogP contribution in [0.25, 0.3) is 0 Å². The van der Waals surface area contributed by atoms with Gasteiger partial charge in [0.2, 0.25) is 0 Å². The molecule has 0 saturated carbocycles. The molecule has 3 aromatic rings. The minimum Gasteiger partial charge on any atom is -0.481 e. The van der Waals surface area contributed by atoms with Crippen molar-refractivity contribution in [2.45, 2.75) is 77.6 Å². The summed E-state index contributed by atoms with van der Waals surface area (Å²) in [6, 6.07) is 6.10. The van der Waals surface area contributed by atoms with E-state index in [4.69, 9.17) is 20.4 Å². The van der Waals surface area contributed by atoms with Crippen molar-refractivity contribution in [3.05, 3.63) is 67.2 Å². The Bertz CT molecular complexity index is 816. The van der Waals surface area contributed by atoms with Crippen LogP contribution in [0.1, 0.15) is 75.0 Å². The highest BCUT2D eigenvalue weighted by Gasteiger charge is 1.99. The van der Waals surface area contributed by atoms with E-state index in [1.807, 2.05) is 34.3 Å². The number of aliphatic hydroxyl groups is 1. The molecule has 0 saturated heterocycles. The highest BCUT2D eigenvalue weighted by Crippen LogP contribution is 2.10. The zero-order valence-corrected chi connectivity index (χ0v) is 24.4. The van der Waals surface area contributed by atoms with Crippen LogP contribution in [-0.2, 0) is 33.6 Å². The standard InChI is InChI=1S/3C8H10O2S.C4H10O/c3*9-8(10)3-1-2-7-4-5-11-6-7;1-2-3-4-5/h3*4-6H,1-3H2,(H,9,10);5H,2-4H2,1H3. The van der Waals surface area contributed by atoms with Gasteiger partial charge in [0.1, 0.15) is 0 Å². The summed E-state index contributed by atoms with van der Waals surface area (Å²) in [5, 5.41) is 45.3. The van der Waals surface area contributed by atoms with Gasteiger partial charge in [-0.25, -0.2) is 0 Å². The number of aliphatic carboxylic acids is 3. The van der Waals surface area contributed by atoms with Gasteiger partial charge in [-0.05, 0) is 112 Å². The van der Waals surface area contributed by atoms with E-state index in [1.165, 1.54) is 16.7 Å². The van der Waals surface area contributed by atoms with Crippen LogP contribution < -0.4 is 0 Å². The number of hydrogen-bond acceptors (Lipinski definition) is 7. The van der Waals surface area contributed by atoms with Gasteiger partial charge in [-0.15, -0.1) is 0 Å². The van der Waals surface area contributed by atoms with Gasteiger partial charge in [-0.1, -0.05) is 13.3 Å². The van der Waals surface area contributed by atoms with Gasteiger partial charge in [0, 0.05) is 25.9 Å². The topological polar surface area (TPSA) is 132 Å². The molecule has 0 aromatic carbocycles. The Balaban J connectivity index is 0.000000497. The van der Waals surface area contributed by atoms with Gasteiger partial charge < -0.3 is 20.4 Å². The number of hydrogen-bond donors (Lipinski definition) is 4. The summed E-state index contributed by atoms with van der Waals surface area (Å²) < 4.78 is 0. The average molecular weight is 585 g/mol. The number of unbranched alkanes of at least 4 members (excludes halogenated alkanes) is 1. The number of rotatable bonds is 14. The first-order chi connectivity index (χ1) is 18.3. The highest BCUT2D eigenvalue weighted by molar-refractivity contribution is 7.08. The van der Waals surface area contributed by atoms with Crippen molar-refractivity contribution >= 4 is 51.9 Å². The van der Waals surface area contributed by atoms with Crippen molar-refractivity contribution in [3.63, 3.8) is 0 Å². The molecule has 0 amide bonds. The molecule has 38 heavy (non-hydrogen) atoms. The molecule has 0 radical (unpaired) electrons. The van der Waals surface area contributed by atoms with Crippen LogP contribution in [0.2, 0.25) is 0 Å². The van der Waals surface area contributed by atoms with Crippen LogP contribution in [-0.4, -0.2) is 44.9 Å². The van der Waals surface area contributed by atoms with E-state index in [9.17, 15) is 14.4 Å². The molecule has 0 atom stereocenters. The van der Waals surface area contributed by atoms with E-state index in [0.717, 1.165) is 51.4 Å². The predicted octanol–water partition coefficient (Wildman–Crippen LogP) is 7.25. The van der Waals surface area contributed by atoms with E-state index in [0.29, 0.717) is 6.61 Å². The van der Waals surface area contributed by atoms with Gasteiger partial charge in [-0.3, -0.25) is 14.4 Å². The second kappa shape index (κ2) is 24.8. The number of thiophene rings is 3. The summed E-state index contributed by atoms with van der Waals surface area (Å²) in [6.07, 6.45) is 7.74. The summed E-state index contributed by atoms with van der Waals surface area (Å²) in [4.78, 5) is 30.4. The number of carboxylic acid groups (broad SMARTS) is 3. The second-order valence-electron chi connectivity index (χ2n) is 8.21. The first-order valence-corrected chi connectivity index (χ1v) is 15.4. The number of carboxylic acids is 3. The third-order valence-electron chi connectivity index (χ3n) is 4.82. The van der Waals surface area contributed by atoms with Crippen LogP contribution in [0, 0.1) is 0 Å². The average Bonchev–Trinajstić information content (AvgIpc) is 3.65. The molecule has 0 aliphatic rings. The molecule has 3 heterocycles. The molecule has 0 aliphatic carbocycles. The molecule has 3 rings (SSSR count). The lowest BCUT2D eigenvalue weighted by molar-refractivity contribution is -0.138. The SMILES string of the molecule is CCCCO.O=C(O)CCCc1ccsc1.O=C(O)CCCc1ccsc1.O=C(O)CCCc1ccsc1. The lowest BCUT2D eigenvalue weighted by atomic mass is 10.1. The minimum atomic E-state index is -0.708. The molecule has 0 spiro atoms. The summed E-state index contributed by atoms with van der Waals surface area (Å²) in [5.74, 6) is -2.12. The molecule has 3 aromatic heterocycles. The summed E-state index contributed by atoms with van der Waals surface area (Å²) in [5.41, 5.74) is 3.74. The Labute approximate surface area is 237 Å². The molecule has 0 fully saturated rings. The van der Waals surface area contributed by atoms with Crippen LogP contribution >= 0.6 is 34.0 Å². The van der Waals surface area contributed by atoms with Crippen molar-refractivity contribution < 1.29 is 34.8 Å². The van der Waals surface area contributed by atoms with Gasteiger partial charge in [0.25, 0.3) is 0 Å². The van der Waals surface area contributed by atoms with Crippen molar-refractivity contribution in [1.82, 2.24) is 0 Å². The van der Waals surface area contributed by atoms with Crippen LogP contribution in [0.3, 0.4) is 0 Å². The first kappa shape index (κ1) is 35.5. The maximum absolute atomic E-state index is 10.1. The van der Waals surface area contributed by atoms with Gasteiger partial charge in [0.05, 0.1) is 0 Å². The Morgan fingerprint density at radius 2 is 0.921 bits per heavy atom. The monoisotopic (exact) mass is 584 g/mol. The number of aryl methyl sites for hydroxylation is 3. The zero-order chi connectivity index (χ0) is 28.4. The normalized spacial score (nSPS) is 9.63.